The minimum atomic E-state index is 0.534. The van der Waals surface area contributed by atoms with Crippen molar-refractivity contribution in [2.45, 2.75) is 56.7 Å². The summed E-state index contributed by atoms with van der Waals surface area (Å²) in [5.74, 6) is 0. The van der Waals surface area contributed by atoms with Crippen LogP contribution >= 0.6 is 0 Å². The van der Waals surface area contributed by atoms with E-state index in [0.29, 0.717) is 12.1 Å². The molecule has 0 aromatic carbocycles. The van der Waals surface area contributed by atoms with E-state index in [0.717, 1.165) is 12.6 Å². The van der Waals surface area contributed by atoms with Gasteiger partial charge in [-0.2, -0.15) is 0 Å². The maximum atomic E-state index is 4.46. The quantitative estimate of drug-likeness (QED) is 0.884. The number of piperidine rings is 1. The molecule has 3 atom stereocenters. The molecule has 3 aliphatic heterocycles. The smallest absolute Gasteiger partial charge is 0.0951 e. The number of aromatic nitrogens is 2. The molecule has 3 saturated heterocycles. The van der Waals surface area contributed by atoms with Crippen molar-refractivity contribution >= 4 is 0 Å². The van der Waals surface area contributed by atoms with Crippen molar-refractivity contribution in [3.05, 3.63) is 18.2 Å². The molecule has 4 rings (SSSR count). The summed E-state index contributed by atoms with van der Waals surface area (Å²) in [7, 11) is 0. The molecule has 19 heavy (non-hydrogen) atoms. The van der Waals surface area contributed by atoms with Crippen LogP contribution < -0.4 is 5.32 Å². The largest absolute Gasteiger partial charge is 0.328 e. The van der Waals surface area contributed by atoms with Gasteiger partial charge in [0.15, 0.2) is 0 Å². The van der Waals surface area contributed by atoms with Crippen LogP contribution in [0.15, 0.2) is 12.5 Å². The van der Waals surface area contributed by atoms with Gasteiger partial charge < -0.3 is 9.88 Å². The summed E-state index contributed by atoms with van der Waals surface area (Å²) in [5, 5.41) is 3.67. The lowest BCUT2D eigenvalue weighted by Gasteiger charge is -2.28. The first-order valence-corrected chi connectivity index (χ1v) is 7.92. The van der Waals surface area contributed by atoms with Gasteiger partial charge in [0.25, 0.3) is 0 Å². The van der Waals surface area contributed by atoms with Gasteiger partial charge in [0, 0.05) is 24.8 Å². The molecule has 0 radical (unpaired) electrons. The predicted molar refractivity (Wildman–Crippen MR) is 75.1 cm³/mol. The van der Waals surface area contributed by atoms with Crippen LogP contribution in [0.3, 0.4) is 0 Å². The van der Waals surface area contributed by atoms with E-state index >= 15 is 0 Å². The van der Waals surface area contributed by atoms with E-state index in [-0.39, 0.29) is 0 Å². The van der Waals surface area contributed by atoms with Gasteiger partial charge in [-0.3, -0.25) is 4.90 Å². The summed E-state index contributed by atoms with van der Waals surface area (Å²) in [6.07, 6.45) is 12.2. The molecule has 1 aromatic heterocycles. The zero-order chi connectivity index (χ0) is 12.7. The maximum Gasteiger partial charge on any atom is 0.0951 e. The molecule has 0 amide bonds. The topological polar surface area (TPSA) is 33.1 Å². The molecule has 0 saturated carbocycles. The normalized spacial score (nSPS) is 35.7. The average Bonchev–Trinajstić information content (AvgIpc) is 3.15. The highest BCUT2D eigenvalue weighted by Gasteiger charge is 2.39. The fourth-order valence-corrected chi connectivity index (χ4v) is 4.35. The molecule has 1 N–H and O–H groups in total. The van der Waals surface area contributed by atoms with Crippen molar-refractivity contribution in [1.29, 1.82) is 0 Å². The van der Waals surface area contributed by atoms with Crippen molar-refractivity contribution < 1.29 is 0 Å². The van der Waals surface area contributed by atoms with Gasteiger partial charge in [-0.25, -0.2) is 4.98 Å². The van der Waals surface area contributed by atoms with Crippen molar-refractivity contribution in [3.8, 4) is 0 Å². The van der Waals surface area contributed by atoms with Gasteiger partial charge in [-0.15, -0.1) is 0 Å². The van der Waals surface area contributed by atoms with Crippen LogP contribution in [0.5, 0.6) is 0 Å². The third-order valence-corrected chi connectivity index (χ3v) is 5.29. The standard InChI is InChI=1S/C15H24N4/c1-2-7-17-12(4-1)15-10-16-11-19(15)14-6-9-18-8-3-5-13(14)18/h10-14,17H,1-9H2. The minimum Gasteiger partial charge on any atom is -0.328 e. The van der Waals surface area contributed by atoms with Crippen LogP contribution in [0.4, 0.5) is 0 Å². The first-order chi connectivity index (χ1) is 9.43. The third kappa shape index (κ3) is 2.01. The first-order valence-electron chi connectivity index (χ1n) is 7.92. The summed E-state index contributed by atoms with van der Waals surface area (Å²) < 4.78 is 2.50. The Morgan fingerprint density at radius 2 is 2.05 bits per heavy atom. The lowest BCUT2D eigenvalue weighted by Crippen LogP contribution is -2.32. The number of hydrogen-bond donors (Lipinski definition) is 1. The molecule has 3 fully saturated rings. The van der Waals surface area contributed by atoms with E-state index in [2.05, 4.69) is 32.3 Å². The molecule has 0 aliphatic carbocycles. The number of imidazole rings is 1. The number of fused-ring (bicyclic) bond motifs is 1. The van der Waals surface area contributed by atoms with Crippen molar-refractivity contribution in [3.63, 3.8) is 0 Å². The maximum absolute atomic E-state index is 4.46. The minimum absolute atomic E-state index is 0.534. The molecular formula is C15H24N4. The number of rotatable bonds is 2. The molecule has 0 spiro atoms. The van der Waals surface area contributed by atoms with Crippen LogP contribution in [-0.4, -0.2) is 40.1 Å². The van der Waals surface area contributed by atoms with Crippen molar-refractivity contribution in [1.82, 2.24) is 19.8 Å². The summed E-state index contributed by atoms with van der Waals surface area (Å²) in [4.78, 5) is 7.14. The molecule has 3 unspecified atom stereocenters. The van der Waals surface area contributed by atoms with Gasteiger partial charge >= 0.3 is 0 Å². The van der Waals surface area contributed by atoms with Crippen molar-refractivity contribution in [2.24, 2.45) is 0 Å². The second-order valence-electron chi connectivity index (χ2n) is 6.33. The van der Waals surface area contributed by atoms with Gasteiger partial charge in [-0.1, -0.05) is 6.42 Å². The Balaban J connectivity index is 1.59. The lowest BCUT2D eigenvalue weighted by molar-refractivity contribution is 0.282. The summed E-state index contributed by atoms with van der Waals surface area (Å²) >= 11 is 0. The Morgan fingerprint density at radius 1 is 1.05 bits per heavy atom. The molecule has 4 heteroatoms. The average molecular weight is 260 g/mol. The van der Waals surface area contributed by atoms with E-state index in [1.807, 2.05) is 0 Å². The zero-order valence-corrected chi connectivity index (χ0v) is 11.6. The van der Waals surface area contributed by atoms with E-state index in [9.17, 15) is 0 Å². The highest BCUT2D eigenvalue weighted by atomic mass is 15.3. The molecule has 1 aromatic rings. The fraction of sp³-hybridized carbons (Fsp3) is 0.800. The summed E-state index contributed by atoms with van der Waals surface area (Å²) in [6.45, 7) is 3.76. The van der Waals surface area contributed by atoms with Gasteiger partial charge in [0.2, 0.25) is 0 Å². The highest BCUT2D eigenvalue weighted by Crippen LogP contribution is 2.38. The fourth-order valence-electron chi connectivity index (χ4n) is 4.35. The molecule has 4 heterocycles. The van der Waals surface area contributed by atoms with Gasteiger partial charge in [-0.05, 0) is 45.2 Å². The third-order valence-electron chi connectivity index (χ3n) is 5.29. The Bertz CT molecular complexity index is 435. The molecular weight excluding hydrogens is 236 g/mol. The molecule has 0 bridgehead atoms. The van der Waals surface area contributed by atoms with Gasteiger partial charge in [0.1, 0.15) is 0 Å². The number of hydrogen-bond acceptors (Lipinski definition) is 3. The number of nitrogens with zero attached hydrogens (tertiary/aromatic N) is 3. The summed E-state index contributed by atoms with van der Waals surface area (Å²) in [5.41, 5.74) is 1.43. The van der Waals surface area contributed by atoms with Crippen LogP contribution in [0.25, 0.3) is 0 Å². The van der Waals surface area contributed by atoms with Gasteiger partial charge in [0.05, 0.1) is 18.1 Å². The van der Waals surface area contributed by atoms with E-state index in [4.69, 9.17) is 0 Å². The second kappa shape index (κ2) is 4.91. The van der Waals surface area contributed by atoms with E-state index < -0.39 is 0 Å². The first kappa shape index (κ1) is 11.9. The Morgan fingerprint density at radius 3 is 2.95 bits per heavy atom. The predicted octanol–water partition coefficient (Wildman–Crippen LogP) is 2.11. The second-order valence-corrected chi connectivity index (χ2v) is 6.33. The Kier molecular flexibility index (Phi) is 3.08. The van der Waals surface area contributed by atoms with Crippen LogP contribution in [0.1, 0.15) is 56.3 Å². The SMILES string of the molecule is c1ncn(C2CCN3CCCC23)c1C1CCCCN1. The van der Waals surface area contributed by atoms with Crippen molar-refractivity contribution in [2.75, 3.05) is 19.6 Å². The van der Waals surface area contributed by atoms with E-state index in [1.54, 1.807) is 0 Å². The Labute approximate surface area is 115 Å². The number of nitrogens with one attached hydrogen (secondary N) is 1. The molecule has 4 nitrogen and oxygen atoms in total. The molecule has 3 aliphatic rings. The van der Waals surface area contributed by atoms with Crippen LogP contribution in [-0.2, 0) is 0 Å². The van der Waals surface area contributed by atoms with Crippen LogP contribution in [0.2, 0.25) is 0 Å². The Hall–Kier alpha value is -0.870. The van der Waals surface area contributed by atoms with E-state index in [1.165, 1.54) is 57.3 Å². The monoisotopic (exact) mass is 260 g/mol. The summed E-state index contributed by atoms with van der Waals surface area (Å²) in [6, 6.07) is 1.98. The zero-order valence-electron chi connectivity index (χ0n) is 11.6. The lowest BCUT2D eigenvalue weighted by atomic mass is 10.0. The highest BCUT2D eigenvalue weighted by molar-refractivity contribution is 5.10. The molecule has 104 valence electrons. The van der Waals surface area contributed by atoms with Crippen LogP contribution in [0, 0.1) is 0 Å².